The van der Waals surface area contributed by atoms with E-state index in [0.717, 1.165) is 17.0 Å². The molecule has 0 aliphatic carbocycles. The van der Waals surface area contributed by atoms with Gasteiger partial charge >= 0.3 is 5.97 Å². The van der Waals surface area contributed by atoms with Gasteiger partial charge in [0.1, 0.15) is 6.54 Å². The number of methoxy groups -OCH3 is 1. The normalized spacial score (nSPS) is 10.3. The van der Waals surface area contributed by atoms with E-state index in [1.54, 1.807) is 42.7 Å². The number of esters is 1. The van der Waals surface area contributed by atoms with Crippen LogP contribution in [0, 0.1) is 13.8 Å². The van der Waals surface area contributed by atoms with Crippen LogP contribution < -0.4 is 10.7 Å². The molecule has 0 saturated heterocycles. The fraction of sp³-hybridized carbons (Fsp3) is 0.278. The summed E-state index contributed by atoms with van der Waals surface area (Å²) >= 11 is 0. The van der Waals surface area contributed by atoms with Crippen molar-refractivity contribution in [3.63, 3.8) is 0 Å². The third-order valence-electron chi connectivity index (χ3n) is 3.72. The monoisotopic (exact) mass is 328 g/mol. The number of ether oxygens (including phenoxy) is 1. The Bertz CT molecular complexity index is 781. The SMILES string of the molecule is COC(=O)c1ccc(CNC(=O)Cn2c(C)cc(=O)cc2C)cc1. The molecular weight excluding hydrogens is 308 g/mol. The first-order valence-corrected chi connectivity index (χ1v) is 7.52. The number of nitrogens with one attached hydrogen (secondary N) is 1. The predicted molar refractivity (Wildman–Crippen MR) is 89.8 cm³/mol. The summed E-state index contributed by atoms with van der Waals surface area (Å²) in [6, 6.07) is 9.86. The Balaban J connectivity index is 1.96. The van der Waals surface area contributed by atoms with E-state index in [1.165, 1.54) is 19.2 Å². The van der Waals surface area contributed by atoms with Crippen LogP contribution in [-0.2, 0) is 22.6 Å². The number of pyridine rings is 1. The van der Waals surface area contributed by atoms with E-state index in [9.17, 15) is 14.4 Å². The number of benzene rings is 1. The summed E-state index contributed by atoms with van der Waals surface area (Å²) in [6.45, 7) is 4.11. The molecule has 0 bridgehead atoms. The quantitative estimate of drug-likeness (QED) is 0.845. The molecule has 6 nitrogen and oxygen atoms in total. The van der Waals surface area contributed by atoms with Gasteiger partial charge in [-0.2, -0.15) is 0 Å². The maximum Gasteiger partial charge on any atom is 0.337 e. The van der Waals surface area contributed by atoms with Crippen LogP contribution in [-0.4, -0.2) is 23.6 Å². The molecule has 2 aromatic rings. The van der Waals surface area contributed by atoms with Gasteiger partial charge in [0.05, 0.1) is 12.7 Å². The summed E-state index contributed by atoms with van der Waals surface area (Å²) in [5, 5.41) is 2.83. The molecule has 0 aliphatic rings. The molecule has 1 N–H and O–H groups in total. The molecule has 1 heterocycles. The summed E-state index contributed by atoms with van der Waals surface area (Å²) < 4.78 is 6.43. The fourth-order valence-corrected chi connectivity index (χ4v) is 2.41. The molecule has 0 radical (unpaired) electrons. The topological polar surface area (TPSA) is 77.4 Å². The number of aromatic nitrogens is 1. The van der Waals surface area contributed by atoms with Crippen LogP contribution in [0.15, 0.2) is 41.2 Å². The number of hydrogen-bond donors (Lipinski definition) is 1. The summed E-state index contributed by atoms with van der Waals surface area (Å²) in [7, 11) is 1.33. The van der Waals surface area contributed by atoms with Gasteiger partial charge in [0.2, 0.25) is 5.91 Å². The lowest BCUT2D eigenvalue weighted by atomic mass is 10.1. The Kier molecular flexibility index (Phi) is 5.52. The Morgan fingerprint density at radius 2 is 1.67 bits per heavy atom. The highest BCUT2D eigenvalue weighted by Gasteiger charge is 2.08. The Morgan fingerprint density at radius 3 is 2.21 bits per heavy atom. The fourth-order valence-electron chi connectivity index (χ4n) is 2.41. The zero-order valence-corrected chi connectivity index (χ0v) is 14.0. The van der Waals surface area contributed by atoms with Gasteiger partial charge in [0.15, 0.2) is 5.43 Å². The van der Waals surface area contributed by atoms with Gasteiger partial charge in [-0.25, -0.2) is 4.79 Å². The predicted octanol–water partition coefficient (Wildman–Crippen LogP) is 1.57. The standard InChI is InChI=1S/C18H20N2O4/c1-12-8-16(21)9-13(2)20(12)11-17(22)19-10-14-4-6-15(7-5-14)18(23)24-3/h4-9H,10-11H2,1-3H3,(H,19,22). The van der Waals surface area contributed by atoms with E-state index in [0.29, 0.717) is 12.1 Å². The average Bonchev–Trinajstić information content (AvgIpc) is 2.56. The van der Waals surface area contributed by atoms with E-state index < -0.39 is 5.97 Å². The molecular formula is C18H20N2O4. The van der Waals surface area contributed by atoms with Gasteiger partial charge in [0, 0.05) is 30.1 Å². The maximum absolute atomic E-state index is 12.1. The second-order valence-corrected chi connectivity index (χ2v) is 5.53. The van der Waals surface area contributed by atoms with Crippen LogP contribution >= 0.6 is 0 Å². The minimum atomic E-state index is -0.394. The zero-order valence-electron chi connectivity index (χ0n) is 14.0. The van der Waals surface area contributed by atoms with Gasteiger partial charge in [-0.15, -0.1) is 0 Å². The zero-order chi connectivity index (χ0) is 17.7. The van der Waals surface area contributed by atoms with Gasteiger partial charge in [-0.1, -0.05) is 12.1 Å². The second-order valence-electron chi connectivity index (χ2n) is 5.53. The number of rotatable bonds is 5. The molecule has 0 unspecified atom stereocenters. The summed E-state index contributed by atoms with van der Waals surface area (Å²) in [4.78, 5) is 34.9. The van der Waals surface area contributed by atoms with Crippen LogP contribution in [0.5, 0.6) is 0 Å². The van der Waals surface area contributed by atoms with E-state index in [1.807, 2.05) is 0 Å². The molecule has 0 fully saturated rings. The lowest BCUT2D eigenvalue weighted by Gasteiger charge is -2.14. The number of carbonyl (C=O) groups is 2. The van der Waals surface area contributed by atoms with Crippen molar-refractivity contribution < 1.29 is 14.3 Å². The first-order chi connectivity index (χ1) is 11.4. The number of hydrogen-bond acceptors (Lipinski definition) is 4. The number of aryl methyl sites for hydroxylation is 2. The molecule has 24 heavy (non-hydrogen) atoms. The number of amides is 1. The van der Waals surface area contributed by atoms with Crippen LogP contribution in [0.4, 0.5) is 0 Å². The van der Waals surface area contributed by atoms with Crippen LogP contribution in [0.1, 0.15) is 27.3 Å². The Hall–Kier alpha value is -2.89. The largest absolute Gasteiger partial charge is 0.465 e. The lowest BCUT2D eigenvalue weighted by molar-refractivity contribution is -0.121. The van der Waals surface area contributed by atoms with Crippen molar-refractivity contribution in [3.05, 3.63) is 69.1 Å². The van der Waals surface area contributed by atoms with Crippen molar-refractivity contribution in [1.82, 2.24) is 9.88 Å². The molecule has 1 amide bonds. The molecule has 1 aromatic carbocycles. The van der Waals surface area contributed by atoms with Crippen molar-refractivity contribution in [2.45, 2.75) is 26.9 Å². The average molecular weight is 328 g/mol. The summed E-state index contributed by atoms with van der Waals surface area (Å²) in [6.07, 6.45) is 0. The van der Waals surface area contributed by atoms with Gasteiger partial charge in [-0.05, 0) is 31.5 Å². The Morgan fingerprint density at radius 1 is 1.08 bits per heavy atom. The van der Waals surface area contributed by atoms with E-state index in [4.69, 9.17) is 0 Å². The smallest absolute Gasteiger partial charge is 0.337 e. The minimum Gasteiger partial charge on any atom is -0.465 e. The first kappa shape index (κ1) is 17.5. The highest BCUT2D eigenvalue weighted by atomic mass is 16.5. The third kappa shape index (κ3) is 4.32. The molecule has 6 heteroatoms. The van der Waals surface area contributed by atoms with E-state index in [2.05, 4.69) is 10.1 Å². The van der Waals surface area contributed by atoms with Crippen molar-refractivity contribution in [1.29, 1.82) is 0 Å². The van der Waals surface area contributed by atoms with Gasteiger partial charge in [-0.3, -0.25) is 9.59 Å². The van der Waals surface area contributed by atoms with Crippen molar-refractivity contribution in [2.75, 3.05) is 7.11 Å². The van der Waals surface area contributed by atoms with Crippen molar-refractivity contribution >= 4 is 11.9 Å². The highest BCUT2D eigenvalue weighted by Crippen LogP contribution is 2.06. The minimum absolute atomic E-state index is 0.0626. The maximum atomic E-state index is 12.1. The van der Waals surface area contributed by atoms with Crippen molar-refractivity contribution in [2.24, 2.45) is 0 Å². The highest BCUT2D eigenvalue weighted by molar-refractivity contribution is 5.89. The van der Waals surface area contributed by atoms with Crippen molar-refractivity contribution in [3.8, 4) is 0 Å². The van der Waals surface area contributed by atoms with Crippen LogP contribution in [0.3, 0.4) is 0 Å². The number of carbonyl (C=O) groups excluding carboxylic acids is 2. The third-order valence-corrected chi connectivity index (χ3v) is 3.72. The van der Waals surface area contributed by atoms with Crippen LogP contribution in [0.2, 0.25) is 0 Å². The Labute approximate surface area is 140 Å². The molecule has 126 valence electrons. The van der Waals surface area contributed by atoms with E-state index in [-0.39, 0.29) is 17.9 Å². The van der Waals surface area contributed by atoms with Gasteiger partial charge in [0.25, 0.3) is 0 Å². The molecule has 0 saturated carbocycles. The molecule has 0 atom stereocenters. The molecule has 2 rings (SSSR count). The van der Waals surface area contributed by atoms with Gasteiger partial charge < -0.3 is 14.6 Å². The first-order valence-electron chi connectivity index (χ1n) is 7.52. The van der Waals surface area contributed by atoms with Crippen LogP contribution in [0.25, 0.3) is 0 Å². The molecule has 1 aromatic heterocycles. The van der Waals surface area contributed by atoms with E-state index >= 15 is 0 Å². The number of nitrogens with zero attached hydrogens (tertiary/aromatic N) is 1. The summed E-state index contributed by atoms with van der Waals surface area (Å²) in [5.41, 5.74) is 2.78. The molecule has 0 aliphatic heterocycles. The second kappa shape index (κ2) is 7.59. The molecule has 0 spiro atoms. The lowest BCUT2D eigenvalue weighted by Crippen LogP contribution is -2.29. The summed E-state index contributed by atoms with van der Waals surface area (Å²) in [5.74, 6) is -0.545.